The first-order valence-electron chi connectivity index (χ1n) is 9.33. The molecule has 4 aromatic rings. The SMILES string of the molecule is C(=NOC(c1ccccc1)(c1ccccc1)c1ccccc1)c1ccccc1. The van der Waals surface area contributed by atoms with Crippen molar-refractivity contribution >= 4 is 6.21 Å². The van der Waals surface area contributed by atoms with Crippen LogP contribution in [0.5, 0.6) is 0 Å². The second-order valence-corrected chi connectivity index (χ2v) is 6.52. The number of nitrogens with zero attached hydrogens (tertiary/aromatic N) is 1. The molecule has 28 heavy (non-hydrogen) atoms. The van der Waals surface area contributed by atoms with Crippen LogP contribution in [0.1, 0.15) is 22.3 Å². The van der Waals surface area contributed by atoms with Crippen molar-refractivity contribution in [2.24, 2.45) is 5.16 Å². The van der Waals surface area contributed by atoms with Crippen LogP contribution in [0.2, 0.25) is 0 Å². The highest BCUT2D eigenvalue weighted by Crippen LogP contribution is 2.40. The Morgan fingerprint density at radius 2 is 0.857 bits per heavy atom. The molecule has 0 saturated carbocycles. The maximum absolute atomic E-state index is 6.36. The van der Waals surface area contributed by atoms with Gasteiger partial charge in [0.15, 0.2) is 0 Å². The molecule has 4 rings (SSSR count). The molecule has 0 aromatic heterocycles. The minimum absolute atomic E-state index is 0.838. The van der Waals surface area contributed by atoms with Crippen molar-refractivity contribution in [3.05, 3.63) is 144 Å². The molecule has 0 bridgehead atoms. The van der Waals surface area contributed by atoms with Gasteiger partial charge in [-0.3, -0.25) is 0 Å². The first-order chi connectivity index (χ1) is 13.9. The summed E-state index contributed by atoms with van der Waals surface area (Å²) in [4.78, 5) is 6.36. The highest BCUT2D eigenvalue weighted by atomic mass is 16.6. The van der Waals surface area contributed by atoms with Gasteiger partial charge in [-0.05, 0) is 5.56 Å². The smallest absolute Gasteiger partial charge is 0.212 e. The lowest BCUT2D eigenvalue weighted by Crippen LogP contribution is -2.31. The number of hydrogen-bond acceptors (Lipinski definition) is 2. The molecule has 0 saturated heterocycles. The van der Waals surface area contributed by atoms with Crippen LogP contribution in [0.4, 0.5) is 0 Å². The standard InChI is InChI=1S/C26H21NO/c1-5-13-22(14-6-1)21-27-28-26(23-15-7-2-8-16-23,24-17-9-3-10-18-24)25-19-11-4-12-20-25/h1-21H. The van der Waals surface area contributed by atoms with Crippen LogP contribution in [0.25, 0.3) is 0 Å². The number of hydrogen-bond donors (Lipinski definition) is 0. The molecule has 0 amide bonds. The summed E-state index contributed by atoms with van der Waals surface area (Å²) in [5.74, 6) is 0. The van der Waals surface area contributed by atoms with E-state index in [1.54, 1.807) is 6.21 Å². The quantitative estimate of drug-likeness (QED) is 0.233. The zero-order chi connectivity index (χ0) is 19.1. The maximum Gasteiger partial charge on any atom is 0.212 e. The summed E-state index contributed by atoms with van der Waals surface area (Å²) in [5, 5.41) is 4.42. The highest BCUT2D eigenvalue weighted by Gasteiger charge is 2.39. The molecule has 0 radical (unpaired) electrons. The lowest BCUT2D eigenvalue weighted by atomic mass is 9.80. The van der Waals surface area contributed by atoms with Crippen molar-refractivity contribution in [2.75, 3.05) is 0 Å². The molecule has 0 aliphatic carbocycles. The third-order valence-corrected chi connectivity index (χ3v) is 4.73. The third kappa shape index (κ3) is 3.58. The van der Waals surface area contributed by atoms with Crippen molar-refractivity contribution in [1.29, 1.82) is 0 Å². The van der Waals surface area contributed by atoms with Crippen LogP contribution in [0.15, 0.2) is 126 Å². The van der Waals surface area contributed by atoms with Gasteiger partial charge in [0.2, 0.25) is 5.60 Å². The van der Waals surface area contributed by atoms with Crippen LogP contribution >= 0.6 is 0 Å². The molecule has 0 heterocycles. The first kappa shape index (κ1) is 17.7. The second-order valence-electron chi connectivity index (χ2n) is 6.52. The van der Waals surface area contributed by atoms with Gasteiger partial charge in [0.05, 0.1) is 6.21 Å². The van der Waals surface area contributed by atoms with Crippen LogP contribution in [-0.2, 0) is 10.4 Å². The van der Waals surface area contributed by atoms with Crippen LogP contribution < -0.4 is 0 Å². The van der Waals surface area contributed by atoms with Gasteiger partial charge >= 0.3 is 0 Å². The van der Waals surface area contributed by atoms with Crippen molar-refractivity contribution in [1.82, 2.24) is 0 Å². The predicted molar refractivity (Wildman–Crippen MR) is 114 cm³/mol. The fraction of sp³-hybridized carbons (Fsp3) is 0.0385. The van der Waals surface area contributed by atoms with E-state index in [0.717, 1.165) is 22.3 Å². The van der Waals surface area contributed by atoms with Gasteiger partial charge in [-0.2, -0.15) is 0 Å². The van der Waals surface area contributed by atoms with E-state index >= 15 is 0 Å². The third-order valence-electron chi connectivity index (χ3n) is 4.73. The van der Waals surface area contributed by atoms with Crippen molar-refractivity contribution < 1.29 is 4.84 Å². The normalized spacial score (nSPS) is 11.4. The molecule has 136 valence electrons. The fourth-order valence-electron chi connectivity index (χ4n) is 3.38. The average molecular weight is 363 g/mol. The summed E-state index contributed by atoms with van der Waals surface area (Å²) in [5.41, 5.74) is 3.23. The van der Waals surface area contributed by atoms with Gasteiger partial charge in [0.1, 0.15) is 0 Å². The summed E-state index contributed by atoms with van der Waals surface area (Å²) in [6.07, 6.45) is 1.75. The Bertz CT molecular complexity index is 916. The molecule has 2 heteroatoms. The van der Waals surface area contributed by atoms with E-state index < -0.39 is 5.60 Å². The molecule has 0 atom stereocenters. The monoisotopic (exact) mass is 363 g/mol. The summed E-state index contributed by atoms with van der Waals surface area (Å²) in [7, 11) is 0. The molecular weight excluding hydrogens is 342 g/mol. The first-order valence-corrected chi connectivity index (χ1v) is 9.33. The molecule has 2 nitrogen and oxygen atoms in total. The average Bonchev–Trinajstić information content (AvgIpc) is 2.79. The Morgan fingerprint density at radius 1 is 0.500 bits per heavy atom. The van der Waals surface area contributed by atoms with Gasteiger partial charge in [-0.15, -0.1) is 0 Å². The molecule has 0 spiro atoms. The van der Waals surface area contributed by atoms with E-state index in [1.165, 1.54) is 0 Å². The Kier molecular flexibility index (Phi) is 5.30. The number of oxime groups is 1. The molecule has 0 N–H and O–H groups in total. The van der Waals surface area contributed by atoms with Crippen molar-refractivity contribution in [2.45, 2.75) is 5.60 Å². The van der Waals surface area contributed by atoms with Gasteiger partial charge in [0, 0.05) is 16.7 Å². The lowest BCUT2D eigenvalue weighted by molar-refractivity contribution is 0.0183. The maximum atomic E-state index is 6.36. The van der Waals surface area contributed by atoms with E-state index in [2.05, 4.69) is 41.6 Å². The number of benzene rings is 4. The fourth-order valence-corrected chi connectivity index (χ4v) is 3.38. The Balaban J connectivity index is 1.87. The molecule has 0 aliphatic heterocycles. The predicted octanol–water partition coefficient (Wildman–Crippen LogP) is 6.03. The molecule has 0 aliphatic rings. The van der Waals surface area contributed by atoms with Gasteiger partial charge < -0.3 is 4.84 Å². The van der Waals surface area contributed by atoms with Crippen LogP contribution in [0, 0.1) is 0 Å². The van der Waals surface area contributed by atoms with Crippen molar-refractivity contribution in [3.8, 4) is 0 Å². The van der Waals surface area contributed by atoms with E-state index in [4.69, 9.17) is 4.84 Å². The minimum Gasteiger partial charge on any atom is -0.375 e. The molecule has 0 fully saturated rings. The van der Waals surface area contributed by atoms with Crippen LogP contribution in [-0.4, -0.2) is 6.21 Å². The van der Waals surface area contributed by atoms with Crippen molar-refractivity contribution in [3.63, 3.8) is 0 Å². The minimum atomic E-state index is -0.838. The highest BCUT2D eigenvalue weighted by molar-refractivity contribution is 5.78. The largest absolute Gasteiger partial charge is 0.375 e. The zero-order valence-electron chi connectivity index (χ0n) is 15.5. The van der Waals surface area contributed by atoms with Gasteiger partial charge in [-0.1, -0.05) is 126 Å². The molecule has 4 aromatic carbocycles. The van der Waals surface area contributed by atoms with Gasteiger partial charge in [0.25, 0.3) is 0 Å². The van der Waals surface area contributed by atoms with E-state index in [0.29, 0.717) is 0 Å². The topological polar surface area (TPSA) is 21.6 Å². The van der Waals surface area contributed by atoms with E-state index in [1.807, 2.05) is 84.9 Å². The van der Waals surface area contributed by atoms with Gasteiger partial charge in [-0.25, -0.2) is 0 Å². The summed E-state index contributed by atoms with van der Waals surface area (Å²) < 4.78 is 0. The Hall–Kier alpha value is -3.65. The Morgan fingerprint density at radius 3 is 1.25 bits per heavy atom. The zero-order valence-corrected chi connectivity index (χ0v) is 15.5. The lowest BCUT2D eigenvalue weighted by Gasteiger charge is -2.33. The van der Waals surface area contributed by atoms with E-state index in [-0.39, 0.29) is 0 Å². The molecule has 0 unspecified atom stereocenters. The summed E-state index contributed by atoms with van der Waals surface area (Å²) in [6, 6.07) is 40.7. The van der Waals surface area contributed by atoms with Crippen LogP contribution in [0.3, 0.4) is 0 Å². The Labute approximate surface area is 165 Å². The summed E-state index contributed by atoms with van der Waals surface area (Å²) >= 11 is 0. The number of rotatable bonds is 6. The second kappa shape index (κ2) is 8.36. The summed E-state index contributed by atoms with van der Waals surface area (Å²) in [6.45, 7) is 0. The van der Waals surface area contributed by atoms with E-state index in [9.17, 15) is 0 Å². The molecular formula is C26H21NO.